The molecule has 0 amide bonds. The van der Waals surface area contributed by atoms with Gasteiger partial charge in [0.2, 0.25) is 0 Å². The normalized spacial score (nSPS) is 28.1. The first-order chi connectivity index (χ1) is 6.20. The third-order valence-corrected chi connectivity index (χ3v) is 2.63. The average Bonchev–Trinajstić information content (AvgIpc) is 2.64. The number of aromatic nitrogens is 3. The minimum Gasteiger partial charge on any atom is -0.316 e. The third kappa shape index (κ3) is 1.65. The van der Waals surface area contributed by atoms with E-state index in [1.165, 1.54) is 0 Å². The smallest absolute Gasteiger partial charge is 0.316 e. The van der Waals surface area contributed by atoms with Gasteiger partial charge in [-0.15, -0.1) is 0 Å². The Hall–Kier alpha value is -1.10. The summed E-state index contributed by atoms with van der Waals surface area (Å²) in [6.45, 7) is 4.95. The monoisotopic (exact) mass is 182 g/mol. The number of rotatable bonds is 2. The van der Waals surface area contributed by atoms with Crippen LogP contribution in [0.5, 0.6) is 0 Å². The van der Waals surface area contributed by atoms with Crippen molar-refractivity contribution in [1.82, 2.24) is 20.1 Å². The Kier molecular flexibility index (Phi) is 1.95. The first kappa shape index (κ1) is 8.50. The first-order valence-corrected chi connectivity index (χ1v) is 4.50. The van der Waals surface area contributed by atoms with Crippen LogP contribution in [0.1, 0.15) is 13.3 Å². The van der Waals surface area contributed by atoms with E-state index in [4.69, 9.17) is 0 Å². The predicted octanol–water partition coefficient (Wildman–Crippen LogP) is -0.429. The SMILES string of the molecule is CC1(Cn2cn[nH]c2=O)CCNC1. The Morgan fingerprint density at radius 2 is 2.62 bits per heavy atom. The zero-order valence-electron chi connectivity index (χ0n) is 7.71. The standard InChI is InChI=1S/C8H14N4O/c1-8(2-3-9-4-8)5-12-6-10-11-7(12)13/h6,9H,2-5H2,1H3,(H,11,13). The van der Waals surface area contributed by atoms with Gasteiger partial charge in [0.25, 0.3) is 0 Å². The summed E-state index contributed by atoms with van der Waals surface area (Å²) in [5, 5.41) is 9.40. The molecule has 1 aliphatic heterocycles. The van der Waals surface area contributed by atoms with Gasteiger partial charge in [0.15, 0.2) is 0 Å². The fraction of sp³-hybridized carbons (Fsp3) is 0.750. The minimum absolute atomic E-state index is 0.117. The number of H-pyrrole nitrogens is 1. The Morgan fingerprint density at radius 1 is 1.77 bits per heavy atom. The molecule has 1 aromatic heterocycles. The topological polar surface area (TPSA) is 62.7 Å². The molecule has 72 valence electrons. The van der Waals surface area contributed by atoms with Crippen LogP contribution in [0.4, 0.5) is 0 Å². The molecule has 2 heterocycles. The number of aromatic amines is 1. The molecule has 5 nitrogen and oxygen atoms in total. The lowest BCUT2D eigenvalue weighted by Crippen LogP contribution is -2.30. The largest absolute Gasteiger partial charge is 0.343 e. The maximum atomic E-state index is 11.2. The molecule has 0 saturated carbocycles. The van der Waals surface area contributed by atoms with Crippen LogP contribution in [0.2, 0.25) is 0 Å². The highest BCUT2D eigenvalue weighted by molar-refractivity contribution is 4.84. The van der Waals surface area contributed by atoms with Gasteiger partial charge in [0.1, 0.15) is 6.33 Å². The molecule has 1 atom stereocenters. The molecule has 0 bridgehead atoms. The van der Waals surface area contributed by atoms with Gasteiger partial charge in [0, 0.05) is 13.1 Å². The Morgan fingerprint density at radius 3 is 3.15 bits per heavy atom. The lowest BCUT2D eigenvalue weighted by Gasteiger charge is -2.21. The predicted molar refractivity (Wildman–Crippen MR) is 48.4 cm³/mol. The molecule has 0 aliphatic carbocycles. The lowest BCUT2D eigenvalue weighted by atomic mass is 9.90. The summed E-state index contributed by atoms with van der Waals surface area (Å²) in [4.78, 5) is 11.2. The van der Waals surface area contributed by atoms with E-state index in [9.17, 15) is 4.79 Å². The van der Waals surface area contributed by atoms with E-state index >= 15 is 0 Å². The highest BCUT2D eigenvalue weighted by atomic mass is 16.1. The zero-order chi connectivity index (χ0) is 9.31. The molecule has 1 saturated heterocycles. The maximum Gasteiger partial charge on any atom is 0.343 e. The fourth-order valence-corrected chi connectivity index (χ4v) is 1.80. The number of nitrogens with zero attached hydrogens (tertiary/aromatic N) is 2. The Labute approximate surface area is 76.2 Å². The number of hydrogen-bond acceptors (Lipinski definition) is 3. The van der Waals surface area contributed by atoms with E-state index in [-0.39, 0.29) is 11.1 Å². The molecule has 1 aromatic rings. The highest BCUT2D eigenvalue weighted by Crippen LogP contribution is 2.25. The Bertz CT molecular complexity index is 334. The van der Waals surface area contributed by atoms with Crippen molar-refractivity contribution in [2.75, 3.05) is 13.1 Å². The van der Waals surface area contributed by atoms with Crippen LogP contribution < -0.4 is 11.0 Å². The van der Waals surface area contributed by atoms with E-state index in [0.29, 0.717) is 0 Å². The van der Waals surface area contributed by atoms with Crippen LogP contribution >= 0.6 is 0 Å². The summed E-state index contributed by atoms with van der Waals surface area (Å²) in [5.41, 5.74) is 0.0846. The van der Waals surface area contributed by atoms with Gasteiger partial charge in [-0.3, -0.25) is 4.57 Å². The molecular formula is C8H14N4O. The second-order valence-electron chi connectivity index (χ2n) is 4.03. The molecule has 0 radical (unpaired) electrons. The number of hydrogen-bond donors (Lipinski definition) is 2. The van der Waals surface area contributed by atoms with Crippen LogP contribution in [-0.4, -0.2) is 27.9 Å². The highest BCUT2D eigenvalue weighted by Gasteiger charge is 2.29. The van der Waals surface area contributed by atoms with E-state index in [0.717, 1.165) is 26.1 Å². The third-order valence-electron chi connectivity index (χ3n) is 2.63. The van der Waals surface area contributed by atoms with Crippen LogP contribution in [0.3, 0.4) is 0 Å². The van der Waals surface area contributed by atoms with E-state index in [1.54, 1.807) is 10.9 Å². The van der Waals surface area contributed by atoms with Crippen LogP contribution in [-0.2, 0) is 6.54 Å². The van der Waals surface area contributed by atoms with Gasteiger partial charge >= 0.3 is 5.69 Å². The van der Waals surface area contributed by atoms with Crippen molar-refractivity contribution in [3.05, 3.63) is 16.8 Å². The van der Waals surface area contributed by atoms with Crippen molar-refractivity contribution in [1.29, 1.82) is 0 Å². The van der Waals surface area contributed by atoms with E-state index in [2.05, 4.69) is 22.4 Å². The molecule has 2 rings (SSSR count). The minimum atomic E-state index is -0.117. The zero-order valence-corrected chi connectivity index (χ0v) is 7.71. The summed E-state index contributed by atoms with van der Waals surface area (Å²) in [6, 6.07) is 0. The van der Waals surface area contributed by atoms with Crippen LogP contribution in [0.15, 0.2) is 11.1 Å². The molecule has 13 heavy (non-hydrogen) atoms. The molecule has 1 aliphatic rings. The maximum absolute atomic E-state index is 11.2. The summed E-state index contributed by atoms with van der Waals surface area (Å²) in [7, 11) is 0. The van der Waals surface area contributed by atoms with E-state index < -0.39 is 0 Å². The van der Waals surface area contributed by atoms with Crippen molar-refractivity contribution in [2.45, 2.75) is 19.9 Å². The van der Waals surface area contributed by atoms with Crippen molar-refractivity contribution >= 4 is 0 Å². The van der Waals surface area contributed by atoms with Crippen molar-refractivity contribution in [2.24, 2.45) is 5.41 Å². The Balaban J connectivity index is 2.13. The molecule has 1 fully saturated rings. The van der Waals surface area contributed by atoms with Crippen LogP contribution in [0, 0.1) is 5.41 Å². The van der Waals surface area contributed by atoms with Gasteiger partial charge in [-0.05, 0) is 18.4 Å². The summed E-state index contributed by atoms with van der Waals surface area (Å²) < 4.78 is 1.63. The van der Waals surface area contributed by atoms with E-state index in [1.807, 2.05) is 0 Å². The van der Waals surface area contributed by atoms with Gasteiger partial charge < -0.3 is 5.32 Å². The molecule has 0 spiro atoms. The average molecular weight is 182 g/mol. The van der Waals surface area contributed by atoms with Crippen molar-refractivity contribution in [3.63, 3.8) is 0 Å². The quantitative estimate of drug-likeness (QED) is 0.652. The summed E-state index contributed by atoms with van der Waals surface area (Å²) in [5.74, 6) is 0. The second kappa shape index (κ2) is 2.99. The van der Waals surface area contributed by atoms with Crippen molar-refractivity contribution < 1.29 is 0 Å². The second-order valence-corrected chi connectivity index (χ2v) is 4.03. The molecule has 5 heteroatoms. The molecule has 1 unspecified atom stereocenters. The van der Waals surface area contributed by atoms with Gasteiger partial charge in [0.05, 0.1) is 0 Å². The lowest BCUT2D eigenvalue weighted by molar-refractivity contribution is 0.301. The van der Waals surface area contributed by atoms with Crippen LogP contribution in [0.25, 0.3) is 0 Å². The van der Waals surface area contributed by atoms with Crippen molar-refractivity contribution in [3.8, 4) is 0 Å². The van der Waals surface area contributed by atoms with Gasteiger partial charge in [-0.1, -0.05) is 6.92 Å². The molecule has 2 N–H and O–H groups in total. The van der Waals surface area contributed by atoms with Gasteiger partial charge in [-0.2, -0.15) is 5.10 Å². The summed E-state index contributed by atoms with van der Waals surface area (Å²) >= 11 is 0. The first-order valence-electron chi connectivity index (χ1n) is 4.50. The van der Waals surface area contributed by atoms with Gasteiger partial charge in [-0.25, -0.2) is 9.89 Å². The molecular weight excluding hydrogens is 168 g/mol. The fourth-order valence-electron chi connectivity index (χ4n) is 1.80. The number of nitrogens with one attached hydrogen (secondary N) is 2. The summed E-state index contributed by atoms with van der Waals surface area (Å²) in [6.07, 6.45) is 2.68. The molecule has 0 aromatic carbocycles.